The van der Waals surface area contributed by atoms with E-state index in [-0.39, 0.29) is 18.1 Å². The fourth-order valence-corrected chi connectivity index (χ4v) is 1.62. The van der Waals surface area contributed by atoms with Gasteiger partial charge < -0.3 is 10.6 Å². The number of benzene rings is 1. The smallest absolute Gasteiger partial charge is 0.376 e. The van der Waals surface area contributed by atoms with Crippen LogP contribution in [0.5, 0.6) is 0 Å². The van der Waals surface area contributed by atoms with Crippen molar-refractivity contribution in [3.8, 4) is 0 Å². The van der Waals surface area contributed by atoms with Gasteiger partial charge in [-0.2, -0.15) is 13.2 Å². The second-order valence-corrected chi connectivity index (χ2v) is 4.17. The number of carbonyl (C=O) groups is 1. The van der Waals surface area contributed by atoms with Crippen LogP contribution in [0.25, 0.3) is 0 Å². The zero-order valence-corrected chi connectivity index (χ0v) is 10.4. The lowest BCUT2D eigenvalue weighted by atomic mass is 10.2. The summed E-state index contributed by atoms with van der Waals surface area (Å²) in [5.41, 5.74) is -0.540. The van der Waals surface area contributed by atoms with Gasteiger partial charge in [0.25, 0.3) is 0 Å². The van der Waals surface area contributed by atoms with Gasteiger partial charge in [0.05, 0.1) is 12.1 Å². The molecule has 0 aromatic heterocycles. The molecule has 1 rings (SSSR count). The maximum atomic E-state index is 12.5. The van der Waals surface area contributed by atoms with Gasteiger partial charge in [-0.3, -0.25) is 4.79 Å². The summed E-state index contributed by atoms with van der Waals surface area (Å²) >= 11 is 2.99. The Morgan fingerprint density at radius 2 is 2.00 bits per heavy atom. The summed E-state index contributed by atoms with van der Waals surface area (Å²) in [6.45, 7) is -0.0791. The van der Waals surface area contributed by atoms with Crippen molar-refractivity contribution in [1.82, 2.24) is 5.32 Å². The lowest BCUT2D eigenvalue weighted by molar-refractivity contribution is -0.137. The van der Waals surface area contributed by atoms with E-state index in [1.165, 1.54) is 13.1 Å². The molecule has 0 radical (unpaired) electrons. The Morgan fingerprint density at radius 3 is 2.53 bits per heavy atom. The molecule has 3 nitrogen and oxygen atoms in total. The van der Waals surface area contributed by atoms with E-state index in [9.17, 15) is 18.0 Å². The summed E-state index contributed by atoms with van der Waals surface area (Å²) in [6.07, 6.45) is -4.41. The van der Waals surface area contributed by atoms with E-state index in [0.29, 0.717) is 4.47 Å². The minimum Gasteiger partial charge on any atom is -0.376 e. The first-order chi connectivity index (χ1) is 7.82. The van der Waals surface area contributed by atoms with E-state index in [4.69, 9.17) is 0 Å². The molecular weight excluding hydrogens is 301 g/mol. The second-order valence-electron chi connectivity index (χ2n) is 3.25. The number of nitrogens with one attached hydrogen (secondary N) is 2. The number of amides is 1. The maximum absolute atomic E-state index is 12.5. The molecule has 2 N–H and O–H groups in total. The first-order valence-electron chi connectivity index (χ1n) is 4.65. The van der Waals surface area contributed by atoms with Crippen molar-refractivity contribution in [2.75, 3.05) is 18.9 Å². The topological polar surface area (TPSA) is 41.1 Å². The largest absolute Gasteiger partial charge is 0.416 e. The molecule has 17 heavy (non-hydrogen) atoms. The van der Waals surface area contributed by atoms with Crippen LogP contribution in [-0.4, -0.2) is 19.5 Å². The SMILES string of the molecule is CNC(=O)CNc1cc(Br)cc(C(F)(F)F)c1. The van der Waals surface area contributed by atoms with Crippen LogP contribution in [0.2, 0.25) is 0 Å². The fraction of sp³-hybridized carbons (Fsp3) is 0.300. The molecule has 0 bridgehead atoms. The van der Waals surface area contributed by atoms with Gasteiger partial charge in [-0.25, -0.2) is 0 Å². The first-order valence-corrected chi connectivity index (χ1v) is 5.44. The van der Waals surface area contributed by atoms with Crippen LogP contribution in [0.4, 0.5) is 18.9 Å². The monoisotopic (exact) mass is 310 g/mol. The molecule has 1 aromatic rings. The third-order valence-corrected chi connectivity index (χ3v) is 2.41. The molecule has 1 aromatic carbocycles. The molecule has 0 fully saturated rings. The van der Waals surface area contributed by atoms with Crippen molar-refractivity contribution in [3.05, 3.63) is 28.2 Å². The Labute approximate surface area is 105 Å². The van der Waals surface area contributed by atoms with Gasteiger partial charge in [0.1, 0.15) is 0 Å². The van der Waals surface area contributed by atoms with E-state index in [1.807, 2.05) is 0 Å². The molecule has 0 heterocycles. The quantitative estimate of drug-likeness (QED) is 0.901. The predicted octanol–water partition coefficient (Wildman–Crippen LogP) is 2.63. The number of anilines is 1. The maximum Gasteiger partial charge on any atom is 0.416 e. The Kier molecular flexibility index (Phi) is 4.39. The molecular formula is C10H10BrF3N2O. The van der Waals surface area contributed by atoms with Crippen molar-refractivity contribution in [2.24, 2.45) is 0 Å². The van der Waals surface area contributed by atoms with Gasteiger partial charge in [-0.05, 0) is 18.2 Å². The van der Waals surface area contributed by atoms with Crippen molar-refractivity contribution in [1.29, 1.82) is 0 Å². The molecule has 0 unspecified atom stereocenters. The van der Waals surface area contributed by atoms with E-state index >= 15 is 0 Å². The molecule has 0 saturated heterocycles. The molecule has 0 saturated carbocycles. The van der Waals surface area contributed by atoms with Crippen molar-refractivity contribution in [2.45, 2.75) is 6.18 Å². The second kappa shape index (κ2) is 5.39. The van der Waals surface area contributed by atoms with Crippen LogP contribution < -0.4 is 10.6 Å². The molecule has 7 heteroatoms. The van der Waals surface area contributed by atoms with Crippen LogP contribution in [0.3, 0.4) is 0 Å². The Bertz CT molecular complexity index is 421. The lowest BCUT2D eigenvalue weighted by Gasteiger charge is -2.11. The lowest BCUT2D eigenvalue weighted by Crippen LogP contribution is -2.26. The predicted molar refractivity (Wildman–Crippen MR) is 61.7 cm³/mol. The summed E-state index contributed by atoms with van der Waals surface area (Å²) < 4.78 is 37.8. The Morgan fingerprint density at radius 1 is 1.35 bits per heavy atom. The highest BCUT2D eigenvalue weighted by atomic mass is 79.9. The summed E-state index contributed by atoms with van der Waals surface area (Å²) in [4.78, 5) is 10.9. The van der Waals surface area contributed by atoms with E-state index < -0.39 is 11.7 Å². The van der Waals surface area contributed by atoms with Crippen LogP contribution >= 0.6 is 15.9 Å². The molecule has 0 aliphatic carbocycles. The zero-order valence-electron chi connectivity index (χ0n) is 8.86. The van der Waals surface area contributed by atoms with Gasteiger partial charge in [-0.15, -0.1) is 0 Å². The van der Waals surface area contributed by atoms with Crippen LogP contribution in [0.1, 0.15) is 5.56 Å². The number of rotatable bonds is 3. The average Bonchev–Trinajstić information content (AvgIpc) is 2.24. The van der Waals surface area contributed by atoms with Gasteiger partial charge in [0, 0.05) is 17.2 Å². The summed E-state index contributed by atoms with van der Waals surface area (Å²) in [7, 11) is 1.45. The fourth-order valence-electron chi connectivity index (χ4n) is 1.13. The summed E-state index contributed by atoms with van der Waals surface area (Å²) in [5.74, 6) is -0.307. The average molecular weight is 311 g/mol. The van der Waals surface area contributed by atoms with Gasteiger partial charge >= 0.3 is 6.18 Å². The van der Waals surface area contributed by atoms with Crippen LogP contribution in [0.15, 0.2) is 22.7 Å². The first kappa shape index (κ1) is 13.8. The number of carbonyl (C=O) groups excluding carboxylic acids is 1. The van der Waals surface area contributed by atoms with E-state index in [0.717, 1.165) is 12.1 Å². The number of alkyl halides is 3. The standard InChI is InChI=1S/C10H10BrF3N2O/c1-15-9(17)5-16-8-3-6(10(12,13)14)2-7(11)4-8/h2-4,16H,5H2,1H3,(H,15,17). The van der Waals surface area contributed by atoms with Crippen molar-refractivity contribution >= 4 is 27.5 Å². The third-order valence-electron chi connectivity index (χ3n) is 1.96. The Balaban J connectivity index is 2.87. The highest BCUT2D eigenvalue weighted by molar-refractivity contribution is 9.10. The Hall–Kier alpha value is -1.24. The highest BCUT2D eigenvalue weighted by Crippen LogP contribution is 2.33. The van der Waals surface area contributed by atoms with Gasteiger partial charge in [0.15, 0.2) is 0 Å². The number of hydrogen-bond acceptors (Lipinski definition) is 2. The summed E-state index contributed by atoms with van der Waals surface area (Å²) in [6, 6.07) is 3.40. The third kappa shape index (κ3) is 4.26. The molecule has 0 spiro atoms. The number of likely N-dealkylation sites (N-methyl/N-ethyl adjacent to an activating group) is 1. The molecule has 1 amide bonds. The van der Waals surface area contributed by atoms with Crippen molar-refractivity contribution < 1.29 is 18.0 Å². The van der Waals surface area contributed by atoms with Crippen LogP contribution in [-0.2, 0) is 11.0 Å². The molecule has 0 aliphatic heterocycles. The van der Waals surface area contributed by atoms with Gasteiger partial charge in [0.2, 0.25) is 5.91 Å². The number of halogens is 4. The van der Waals surface area contributed by atoms with Crippen molar-refractivity contribution in [3.63, 3.8) is 0 Å². The van der Waals surface area contributed by atoms with Crippen LogP contribution in [0, 0.1) is 0 Å². The highest BCUT2D eigenvalue weighted by Gasteiger charge is 2.31. The van der Waals surface area contributed by atoms with E-state index in [1.54, 1.807) is 0 Å². The minimum atomic E-state index is -4.41. The molecule has 0 aliphatic rings. The molecule has 94 valence electrons. The minimum absolute atomic E-state index is 0.0791. The zero-order chi connectivity index (χ0) is 13.1. The molecule has 0 atom stereocenters. The van der Waals surface area contributed by atoms with Gasteiger partial charge in [-0.1, -0.05) is 15.9 Å². The number of hydrogen-bond donors (Lipinski definition) is 2. The summed E-state index contributed by atoms with van der Waals surface area (Å²) in [5, 5.41) is 4.97. The van der Waals surface area contributed by atoms with E-state index in [2.05, 4.69) is 26.6 Å². The normalized spacial score (nSPS) is 11.1.